The van der Waals surface area contributed by atoms with Gasteiger partial charge in [0.2, 0.25) is 10.0 Å². The highest BCUT2D eigenvalue weighted by Crippen LogP contribution is 2.26. The smallest absolute Gasteiger partial charge is 0.244 e. The number of nitrogens with one attached hydrogen (secondary N) is 1. The van der Waals surface area contributed by atoms with E-state index < -0.39 is 10.0 Å². The normalized spacial score (nSPS) is 16.2. The molecule has 2 aromatic heterocycles. The molecule has 0 radical (unpaired) electrons. The Balaban J connectivity index is 1.60. The first-order valence-electron chi connectivity index (χ1n) is 9.30. The maximum absolute atomic E-state index is 12.7. The fourth-order valence-corrected chi connectivity index (χ4v) is 4.90. The summed E-state index contributed by atoms with van der Waals surface area (Å²) in [5.41, 5.74) is 1.05. The summed E-state index contributed by atoms with van der Waals surface area (Å²) < 4.78 is 28.8. The van der Waals surface area contributed by atoms with Crippen LogP contribution in [0.4, 0.5) is 5.82 Å². The lowest BCUT2D eigenvalue weighted by atomic mass is 10.1. The highest BCUT2D eigenvalue weighted by atomic mass is 32.2. The monoisotopic (exact) mass is 397 g/mol. The molecule has 0 saturated carbocycles. The zero-order chi connectivity index (χ0) is 19.6. The summed E-state index contributed by atoms with van der Waals surface area (Å²) in [6, 6.07) is 13.1. The number of benzene rings is 1. The number of aromatic nitrogens is 3. The van der Waals surface area contributed by atoms with Crippen LogP contribution in [0, 0.1) is 0 Å². The molecule has 8 heteroatoms. The zero-order valence-corrected chi connectivity index (χ0v) is 16.5. The van der Waals surface area contributed by atoms with Gasteiger partial charge < -0.3 is 9.88 Å². The first-order chi connectivity index (χ1) is 13.6. The summed E-state index contributed by atoms with van der Waals surface area (Å²) >= 11 is 0. The van der Waals surface area contributed by atoms with Crippen LogP contribution >= 0.6 is 0 Å². The summed E-state index contributed by atoms with van der Waals surface area (Å²) in [7, 11) is -1.52. The number of hydrogen-bond acceptors (Lipinski definition) is 5. The summed E-state index contributed by atoms with van der Waals surface area (Å²) in [5, 5.41) is 3.38. The Morgan fingerprint density at radius 1 is 1.04 bits per heavy atom. The van der Waals surface area contributed by atoms with E-state index in [1.165, 1.54) is 10.5 Å². The number of rotatable bonds is 6. The number of anilines is 1. The van der Waals surface area contributed by atoms with Gasteiger partial charge in [0.25, 0.3) is 0 Å². The van der Waals surface area contributed by atoms with Crippen LogP contribution in [0.1, 0.15) is 30.3 Å². The zero-order valence-electron chi connectivity index (χ0n) is 15.7. The second-order valence-electron chi connectivity index (χ2n) is 6.87. The van der Waals surface area contributed by atoms with Crippen molar-refractivity contribution < 1.29 is 8.42 Å². The molecule has 0 bridgehead atoms. The highest BCUT2D eigenvalue weighted by molar-refractivity contribution is 7.89. The van der Waals surface area contributed by atoms with E-state index in [2.05, 4.69) is 15.3 Å². The van der Waals surface area contributed by atoms with Gasteiger partial charge in [-0.05, 0) is 30.5 Å². The third-order valence-corrected chi connectivity index (χ3v) is 6.86. The second-order valence-corrected chi connectivity index (χ2v) is 8.81. The van der Waals surface area contributed by atoms with E-state index in [9.17, 15) is 8.42 Å². The van der Waals surface area contributed by atoms with Gasteiger partial charge in [0, 0.05) is 38.7 Å². The molecule has 3 heterocycles. The number of aryl methyl sites for hydroxylation is 1. The summed E-state index contributed by atoms with van der Waals surface area (Å²) in [6.45, 7) is 1.16. The Hall–Kier alpha value is -2.71. The van der Waals surface area contributed by atoms with Gasteiger partial charge in [-0.15, -0.1) is 0 Å². The van der Waals surface area contributed by atoms with E-state index in [0.29, 0.717) is 18.9 Å². The Labute approximate surface area is 165 Å². The molecule has 146 valence electrons. The van der Waals surface area contributed by atoms with E-state index in [4.69, 9.17) is 0 Å². The van der Waals surface area contributed by atoms with Crippen LogP contribution in [0.2, 0.25) is 0 Å². The lowest BCUT2D eigenvalue weighted by Crippen LogP contribution is -2.28. The molecule has 1 fully saturated rings. The average Bonchev–Trinajstić information content (AvgIpc) is 3.40. The van der Waals surface area contributed by atoms with Crippen LogP contribution in [0.3, 0.4) is 0 Å². The SMILES string of the molecule is Cn1ccnc1[C@@H](Nc1ccc(S(=O)(=O)N2CCCC2)cn1)c1ccccc1. The van der Waals surface area contributed by atoms with Gasteiger partial charge in [0.1, 0.15) is 22.6 Å². The third-order valence-electron chi connectivity index (χ3n) is 4.98. The molecule has 3 aromatic rings. The molecule has 1 aromatic carbocycles. The van der Waals surface area contributed by atoms with E-state index in [1.807, 2.05) is 48.1 Å². The van der Waals surface area contributed by atoms with Crippen molar-refractivity contribution in [3.8, 4) is 0 Å². The molecule has 0 amide bonds. The predicted molar refractivity (Wildman–Crippen MR) is 107 cm³/mol. The van der Waals surface area contributed by atoms with Gasteiger partial charge >= 0.3 is 0 Å². The first kappa shape index (κ1) is 18.6. The predicted octanol–water partition coefficient (Wildman–Crippen LogP) is 2.80. The highest BCUT2D eigenvalue weighted by Gasteiger charge is 2.27. The van der Waals surface area contributed by atoms with Crippen LogP contribution in [-0.2, 0) is 17.1 Å². The molecule has 4 rings (SSSR count). The van der Waals surface area contributed by atoms with E-state index >= 15 is 0 Å². The molecule has 1 aliphatic heterocycles. The minimum absolute atomic E-state index is 0.199. The number of pyridine rings is 1. The van der Waals surface area contributed by atoms with Gasteiger partial charge in [-0.25, -0.2) is 18.4 Å². The third kappa shape index (κ3) is 3.65. The van der Waals surface area contributed by atoms with Crippen LogP contribution in [-0.4, -0.2) is 40.3 Å². The Morgan fingerprint density at radius 3 is 2.39 bits per heavy atom. The molecule has 1 aliphatic rings. The van der Waals surface area contributed by atoms with Crippen molar-refractivity contribution >= 4 is 15.8 Å². The van der Waals surface area contributed by atoms with Crippen molar-refractivity contribution in [3.05, 3.63) is 72.4 Å². The van der Waals surface area contributed by atoms with Crippen LogP contribution < -0.4 is 5.32 Å². The van der Waals surface area contributed by atoms with Crippen LogP contribution in [0.25, 0.3) is 0 Å². The molecule has 7 nitrogen and oxygen atoms in total. The molecule has 0 aliphatic carbocycles. The standard InChI is InChI=1S/C20H23N5O2S/c1-24-14-11-21-20(24)19(16-7-3-2-4-8-16)23-18-10-9-17(15-22-18)28(26,27)25-12-5-6-13-25/h2-4,7-11,14-15,19H,5-6,12-13H2,1H3,(H,22,23)/t19-/m0/s1. The Morgan fingerprint density at radius 2 is 1.79 bits per heavy atom. The minimum Gasteiger partial charge on any atom is -0.356 e. The molecule has 1 atom stereocenters. The number of imidazole rings is 1. The summed E-state index contributed by atoms with van der Waals surface area (Å²) in [4.78, 5) is 9.06. The van der Waals surface area contributed by atoms with Crippen molar-refractivity contribution in [1.29, 1.82) is 0 Å². The summed E-state index contributed by atoms with van der Waals surface area (Å²) in [5.74, 6) is 1.44. The fraction of sp³-hybridized carbons (Fsp3) is 0.300. The second kappa shape index (κ2) is 7.73. The largest absolute Gasteiger partial charge is 0.356 e. The van der Waals surface area contributed by atoms with Crippen LogP contribution in [0.5, 0.6) is 0 Å². The van der Waals surface area contributed by atoms with Crippen molar-refractivity contribution in [2.24, 2.45) is 7.05 Å². The Kier molecular flexibility index (Phi) is 5.15. The number of hydrogen-bond donors (Lipinski definition) is 1. The van der Waals surface area contributed by atoms with Gasteiger partial charge in [0.15, 0.2) is 0 Å². The molecule has 0 spiro atoms. The molecular weight excluding hydrogens is 374 g/mol. The van der Waals surface area contributed by atoms with Gasteiger partial charge in [-0.2, -0.15) is 4.31 Å². The minimum atomic E-state index is -3.46. The van der Waals surface area contributed by atoms with Crippen LogP contribution in [0.15, 0.2) is 66.0 Å². The van der Waals surface area contributed by atoms with Crippen molar-refractivity contribution in [2.45, 2.75) is 23.8 Å². The molecule has 28 heavy (non-hydrogen) atoms. The lowest BCUT2D eigenvalue weighted by Gasteiger charge is -2.20. The van der Waals surface area contributed by atoms with Gasteiger partial charge in [-0.1, -0.05) is 30.3 Å². The molecule has 0 unspecified atom stereocenters. The molecule has 1 saturated heterocycles. The average molecular weight is 398 g/mol. The Bertz CT molecular complexity index is 1030. The van der Waals surface area contributed by atoms with E-state index in [-0.39, 0.29) is 10.9 Å². The maximum Gasteiger partial charge on any atom is 0.244 e. The van der Waals surface area contributed by atoms with Crippen molar-refractivity contribution in [3.63, 3.8) is 0 Å². The topological polar surface area (TPSA) is 80.1 Å². The van der Waals surface area contributed by atoms with Crippen molar-refractivity contribution in [2.75, 3.05) is 18.4 Å². The van der Waals surface area contributed by atoms with E-state index in [1.54, 1.807) is 18.3 Å². The first-order valence-corrected chi connectivity index (χ1v) is 10.7. The number of nitrogens with zero attached hydrogens (tertiary/aromatic N) is 4. The molecular formula is C20H23N5O2S. The lowest BCUT2D eigenvalue weighted by molar-refractivity contribution is 0.477. The number of sulfonamides is 1. The quantitative estimate of drug-likeness (QED) is 0.692. The summed E-state index contributed by atoms with van der Waals surface area (Å²) in [6.07, 6.45) is 6.90. The fourth-order valence-electron chi connectivity index (χ4n) is 3.44. The van der Waals surface area contributed by atoms with Gasteiger partial charge in [-0.3, -0.25) is 0 Å². The van der Waals surface area contributed by atoms with E-state index in [0.717, 1.165) is 24.2 Å². The van der Waals surface area contributed by atoms with Crippen molar-refractivity contribution in [1.82, 2.24) is 18.8 Å². The maximum atomic E-state index is 12.7. The van der Waals surface area contributed by atoms with Gasteiger partial charge in [0.05, 0.1) is 0 Å². The molecule has 1 N–H and O–H groups in total.